The lowest BCUT2D eigenvalue weighted by Crippen LogP contribution is -2.57. The van der Waals surface area contributed by atoms with Gasteiger partial charge in [-0.2, -0.15) is 5.01 Å². The highest BCUT2D eigenvalue weighted by Gasteiger charge is 2.53. The molecule has 0 unspecified atom stereocenters. The highest BCUT2D eigenvalue weighted by atomic mass is 35.5. The summed E-state index contributed by atoms with van der Waals surface area (Å²) in [7, 11) is 0. The molecule has 8 heteroatoms. The van der Waals surface area contributed by atoms with Crippen LogP contribution in [0.25, 0.3) is 0 Å². The van der Waals surface area contributed by atoms with Gasteiger partial charge < -0.3 is 0 Å². The third kappa shape index (κ3) is 4.21. The number of benzene rings is 2. The molecule has 1 fully saturated rings. The highest BCUT2D eigenvalue weighted by Crippen LogP contribution is 2.38. The SMILES string of the molecule is CC[C@H](C(=O)c1ccccc1)N(C(=O)c1ccc(Cl)cc1Cl)N1C(=O)[C@H]2CC=CC[C@H]2C1=O. The molecule has 0 N–H and O–H groups in total. The maximum Gasteiger partial charge on any atom is 0.275 e. The van der Waals surface area contributed by atoms with Crippen LogP contribution in [0.5, 0.6) is 0 Å². The van der Waals surface area contributed by atoms with E-state index in [1.807, 2.05) is 12.2 Å². The molecule has 0 spiro atoms. The van der Waals surface area contributed by atoms with Gasteiger partial charge in [-0.05, 0) is 37.5 Å². The first kappa shape index (κ1) is 23.2. The lowest BCUT2D eigenvalue weighted by molar-refractivity contribution is -0.156. The average molecular weight is 485 g/mol. The molecule has 0 aromatic heterocycles. The van der Waals surface area contributed by atoms with E-state index in [1.54, 1.807) is 37.3 Å². The summed E-state index contributed by atoms with van der Waals surface area (Å²) in [5.41, 5.74) is 0.427. The van der Waals surface area contributed by atoms with Crippen LogP contribution >= 0.6 is 23.2 Å². The van der Waals surface area contributed by atoms with Crippen molar-refractivity contribution in [3.05, 3.63) is 81.9 Å². The minimum absolute atomic E-state index is 0.0500. The molecule has 33 heavy (non-hydrogen) atoms. The number of hydrogen-bond acceptors (Lipinski definition) is 4. The van der Waals surface area contributed by atoms with Crippen LogP contribution in [-0.4, -0.2) is 39.6 Å². The van der Waals surface area contributed by atoms with E-state index in [-0.39, 0.29) is 22.8 Å². The number of amides is 3. The summed E-state index contributed by atoms with van der Waals surface area (Å²) in [6, 6.07) is 11.7. The molecular weight excluding hydrogens is 463 g/mol. The first-order chi connectivity index (χ1) is 15.8. The maximum absolute atomic E-state index is 13.8. The highest BCUT2D eigenvalue weighted by molar-refractivity contribution is 6.36. The van der Waals surface area contributed by atoms with Gasteiger partial charge in [0, 0.05) is 10.6 Å². The van der Waals surface area contributed by atoms with Crippen molar-refractivity contribution in [3.8, 4) is 0 Å². The summed E-state index contributed by atoms with van der Waals surface area (Å²) in [4.78, 5) is 54.0. The summed E-state index contributed by atoms with van der Waals surface area (Å²) in [6.07, 6.45) is 4.75. The van der Waals surface area contributed by atoms with E-state index in [9.17, 15) is 19.2 Å². The number of hydrazine groups is 1. The molecule has 170 valence electrons. The number of fused-ring (bicyclic) bond motifs is 1. The Hall–Kier alpha value is -2.96. The summed E-state index contributed by atoms with van der Waals surface area (Å²) in [5, 5.41) is 2.29. The molecule has 2 aliphatic rings. The van der Waals surface area contributed by atoms with E-state index in [1.165, 1.54) is 18.2 Å². The monoisotopic (exact) mass is 484 g/mol. The van der Waals surface area contributed by atoms with Gasteiger partial charge in [-0.25, -0.2) is 5.01 Å². The topological polar surface area (TPSA) is 74.8 Å². The van der Waals surface area contributed by atoms with E-state index in [0.29, 0.717) is 23.4 Å². The van der Waals surface area contributed by atoms with E-state index in [2.05, 4.69) is 0 Å². The number of halogens is 2. The molecule has 2 aromatic rings. The van der Waals surface area contributed by atoms with Crippen molar-refractivity contribution in [1.82, 2.24) is 10.0 Å². The standard InChI is InChI=1S/C25H22Cl2N2O4/c1-2-21(22(30)15-8-4-3-5-9-15)28(25(33)19-13-12-16(26)14-20(19)27)29-23(31)17-10-6-7-11-18(17)24(29)32/h3-9,12-14,17-18,21H,2,10-11H2,1H3/t17-,18+,21-/m1/s1. The van der Waals surface area contributed by atoms with Crippen LogP contribution in [0.4, 0.5) is 0 Å². The Kier molecular flexibility index (Phi) is 6.68. The fraction of sp³-hybridized carbons (Fsp3) is 0.280. The third-order valence-corrected chi connectivity index (χ3v) is 6.66. The molecule has 1 aliphatic heterocycles. The number of hydrogen-bond donors (Lipinski definition) is 0. The molecule has 2 aromatic carbocycles. The average Bonchev–Trinajstić information content (AvgIpc) is 3.07. The van der Waals surface area contributed by atoms with Crippen LogP contribution in [-0.2, 0) is 9.59 Å². The van der Waals surface area contributed by atoms with Gasteiger partial charge in [-0.3, -0.25) is 19.2 Å². The lowest BCUT2D eigenvalue weighted by atomic mass is 9.85. The Morgan fingerprint density at radius 3 is 2.15 bits per heavy atom. The zero-order valence-corrected chi connectivity index (χ0v) is 19.4. The molecule has 3 atom stereocenters. The zero-order chi connectivity index (χ0) is 23.7. The quantitative estimate of drug-likeness (QED) is 0.329. The van der Waals surface area contributed by atoms with Gasteiger partial charge in [0.05, 0.1) is 22.4 Å². The Morgan fingerprint density at radius 1 is 1.00 bits per heavy atom. The largest absolute Gasteiger partial charge is 0.292 e. The number of rotatable bonds is 6. The van der Waals surface area contributed by atoms with E-state index in [4.69, 9.17) is 23.2 Å². The lowest BCUT2D eigenvalue weighted by Gasteiger charge is -2.36. The van der Waals surface area contributed by atoms with Crippen molar-refractivity contribution in [2.75, 3.05) is 0 Å². The molecule has 1 saturated heterocycles. The van der Waals surface area contributed by atoms with Crippen molar-refractivity contribution in [1.29, 1.82) is 0 Å². The summed E-state index contributed by atoms with van der Waals surface area (Å²) in [6.45, 7) is 1.73. The second kappa shape index (κ2) is 9.49. The summed E-state index contributed by atoms with van der Waals surface area (Å²) < 4.78 is 0. The van der Waals surface area contributed by atoms with Crippen molar-refractivity contribution in [2.24, 2.45) is 11.8 Å². The number of Topliss-reactive ketones (excluding diaryl/α,β-unsaturated/α-hetero) is 1. The second-order valence-corrected chi connectivity index (χ2v) is 8.92. The minimum Gasteiger partial charge on any atom is -0.292 e. The molecule has 1 heterocycles. The third-order valence-electron chi connectivity index (χ3n) is 6.11. The van der Waals surface area contributed by atoms with Crippen molar-refractivity contribution < 1.29 is 19.2 Å². The molecule has 4 rings (SSSR count). The Labute approximate surface area is 201 Å². The maximum atomic E-state index is 13.8. The van der Waals surface area contributed by atoms with Crippen molar-refractivity contribution in [2.45, 2.75) is 32.2 Å². The Bertz CT molecular complexity index is 1120. The smallest absolute Gasteiger partial charge is 0.275 e. The second-order valence-electron chi connectivity index (χ2n) is 8.07. The Balaban J connectivity index is 1.81. The van der Waals surface area contributed by atoms with E-state index >= 15 is 0 Å². The van der Waals surface area contributed by atoms with Crippen molar-refractivity contribution in [3.63, 3.8) is 0 Å². The molecule has 1 aliphatic carbocycles. The molecular formula is C25H22Cl2N2O4. The summed E-state index contributed by atoms with van der Waals surface area (Å²) in [5.74, 6) is -3.14. The normalized spacial score (nSPS) is 20.5. The van der Waals surface area contributed by atoms with Gasteiger partial charge in [-0.1, -0.05) is 72.6 Å². The number of carbonyl (C=O) groups is 4. The fourth-order valence-corrected chi connectivity index (χ4v) is 4.91. The van der Waals surface area contributed by atoms with Gasteiger partial charge in [-0.15, -0.1) is 0 Å². The first-order valence-electron chi connectivity index (χ1n) is 10.8. The Morgan fingerprint density at radius 2 is 1.61 bits per heavy atom. The van der Waals surface area contributed by atoms with Crippen LogP contribution in [0.15, 0.2) is 60.7 Å². The predicted molar refractivity (Wildman–Crippen MR) is 125 cm³/mol. The van der Waals surface area contributed by atoms with Gasteiger partial charge in [0.2, 0.25) is 0 Å². The van der Waals surface area contributed by atoms with Crippen LogP contribution in [0.2, 0.25) is 10.0 Å². The number of allylic oxidation sites excluding steroid dienone is 2. The van der Waals surface area contributed by atoms with Gasteiger partial charge >= 0.3 is 0 Å². The van der Waals surface area contributed by atoms with E-state index < -0.39 is 35.6 Å². The van der Waals surface area contributed by atoms with E-state index in [0.717, 1.165) is 10.0 Å². The molecule has 0 radical (unpaired) electrons. The zero-order valence-electron chi connectivity index (χ0n) is 17.9. The molecule has 0 bridgehead atoms. The van der Waals surface area contributed by atoms with Gasteiger partial charge in [0.15, 0.2) is 5.78 Å². The van der Waals surface area contributed by atoms with Crippen LogP contribution in [0, 0.1) is 11.8 Å². The predicted octanol–water partition coefficient (Wildman–Crippen LogP) is 4.96. The summed E-state index contributed by atoms with van der Waals surface area (Å²) >= 11 is 12.3. The van der Waals surface area contributed by atoms with Gasteiger partial charge in [0.1, 0.15) is 6.04 Å². The first-order valence-corrected chi connectivity index (χ1v) is 11.5. The fourth-order valence-electron chi connectivity index (χ4n) is 4.42. The van der Waals surface area contributed by atoms with Crippen LogP contribution in [0.3, 0.4) is 0 Å². The van der Waals surface area contributed by atoms with Crippen LogP contribution < -0.4 is 0 Å². The minimum atomic E-state index is -1.08. The number of ketones is 1. The number of nitrogens with zero attached hydrogens (tertiary/aromatic N) is 2. The number of carbonyl (C=O) groups excluding carboxylic acids is 4. The molecule has 3 amide bonds. The molecule has 6 nitrogen and oxygen atoms in total. The van der Waals surface area contributed by atoms with Crippen LogP contribution in [0.1, 0.15) is 46.9 Å². The van der Waals surface area contributed by atoms with Crippen molar-refractivity contribution >= 4 is 46.7 Å². The number of imide groups is 1. The van der Waals surface area contributed by atoms with Gasteiger partial charge in [0.25, 0.3) is 17.7 Å². The molecule has 0 saturated carbocycles.